The van der Waals surface area contributed by atoms with E-state index in [1.165, 1.54) is 23.3 Å². The van der Waals surface area contributed by atoms with E-state index in [4.69, 9.17) is 9.84 Å². The van der Waals surface area contributed by atoms with Crippen molar-refractivity contribution in [2.45, 2.75) is 12.3 Å². The third kappa shape index (κ3) is 3.83. The molecule has 1 N–H and O–H groups in total. The van der Waals surface area contributed by atoms with E-state index in [0.717, 1.165) is 5.56 Å². The van der Waals surface area contributed by atoms with Crippen LogP contribution in [0.15, 0.2) is 109 Å². The lowest BCUT2D eigenvalue weighted by Gasteiger charge is -2.32. The van der Waals surface area contributed by atoms with E-state index in [9.17, 15) is 4.79 Å². The summed E-state index contributed by atoms with van der Waals surface area (Å²) in [6.45, 7) is 2.23. The molecule has 0 aliphatic carbocycles. The van der Waals surface area contributed by atoms with E-state index in [1.54, 1.807) is 12.1 Å². The zero-order chi connectivity index (χ0) is 21.0. The molecule has 0 fully saturated rings. The van der Waals surface area contributed by atoms with Gasteiger partial charge in [0.2, 0.25) is 0 Å². The Balaban J connectivity index is 1.66. The van der Waals surface area contributed by atoms with Crippen molar-refractivity contribution in [2.75, 3.05) is 0 Å². The lowest BCUT2D eigenvalue weighted by molar-refractivity contribution is 0.0697. The summed E-state index contributed by atoms with van der Waals surface area (Å²) < 4.78 is 5.90. The second-order valence-electron chi connectivity index (χ2n) is 7.31. The Hall–Kier alpha value is -3.85. The maximum absolute atomic E-state index is 11.0. The topological polar surface area (TPSA) is 46.5 Å². The van der Waals surface area contributed by atoms with E-state index in [0.29, 0.717) is 11.5 Å². The average molecular weight is 394 g/mol. The summed E-state index contributed by atoms with van der Waals surface area (Å²) in [6.07, 6.45) is 0. The number of benzene rings is 4. The van der Waals surface area contributed by atoms with E-state index >= 15 is 0 Å². The standard InChI is InChI=1S/C27H22O3/c1-27(21-8-4-2-5-9-21,22-10-6-3-7-11-22)23-14-18-25(19-15-23)30-24-16-12-20(13-17-24)26(28)29/h2-19H,1H3,(H,28,29). The Morgan fingerprint density at radius 3 is 1.47 bits per heavy atom. The molecule has 0 atom stereocenters. The van der Waals surface area contributed by atoms with Crippen LogP contribution in [0.5, 0.6) is 11.5 Å². The molecule has 0 aliphatic heterocycles. The molecule has 30 heavy (non-hydrogen) atoms. The van der Waals surface area contributed by atoms with Gasteiger partial charge in [0.25, 0.3) is 0 Å². The van der Waals surface area contributed by atoms with Gasteiger partial charge in [0.1, 0.15) is 11.5 Å². The molecule has 0 saturated heterocycles. The predicted octanol–water partition coefficient (Wildman–Crippen LogP) is 6.53. The van der Waals surface area contributed by atoms with Crippen LogP contribution in [0, 0.1) is 0 Å². The fourth-order valence-corrected chi connectivity index (χ4v) is 3.70. The third-order valence-corrected chi connectivity index (χ3v) is 5.47. The lowest BCUT2D eigenvalue weighted by atomic mass is 9.71. The number of carboxylic acid groups (broad SMARTS) is 1. The molecule has 0 radical (unpaired) electrons. The van der Waals surface area contributed by atoms with Gasteiger partial charge in [-0.3, -0.25) is 0 Å². The monoisotopic (exact) mass is 394 g/mol. The molecule has 0 aliphatic rings. The van der Waals surface area contributed by atoms with Gasteiger partial charge in [-0.15, -0.1) is 0 Å². The molecular weight excluding hydrogens is 372 g/mol. The quantitative estimate of drug-likeness (QED) is 0.378. The number of hydrogen-bond donors (Lipinski definition) is 1. The highest BCUT2D eigenvalue weighted by atomic mass is 16.5. The van der Waals surface area contributed by atoms with Crippen LogP contribution < -0.4 is 4.74 Å². The van der Waals surface area contributed by atoms with Crippen molar-refractivity contribution in [3.05, 3.63) is 131 Å². The SMILES string of the molecule is CC(c1ccccc1)(c1ccccc1)c1ccc(Oc2ccc(C(=O)O)cc2)cc1. The first-order valence-electron chi connectivity index (χ1n) is 9.80. The van der Waals surface area contributed by atoms with Crippen LogP contribution in [0.3, 0.4) is 0 Å². The van der Waals surface area contributed by atoms with Gasteiger partial charge >= 0.3 is 5.97 Å². The van der Waals surface area contributed by atoms with Crippen molar-refractivity contribution in [1.82, 2.24) is 0 Å². The highest BCUT2D eigenvalue weighted by molar-refractivity contribution is 5.87. The summed E-state index contributed by atoms with van der Waals surface area (Å²) >= 11 is 0. The third-order valence-electron chi connectivity index (χ3n) is 5.47. The number of rotatable bonds is 6. The van der Waals surface area contributed by atoms with Gasteiger partial charge < -0.3 is 9.84 Å². The number of carbonyl (C=O) groups is 1. The molecule has 4 aromatic rings. The van der Waals surface area contributed by atoms with Crippen molar-refractivity contribution in [3.8, 4) is 11.5 Å². The molecule has 3 nitrogen and oxygen atoms in total. The molecule has 0 aromatic heterocycles. The summed E-state index contributed by atoms with van der Waals surface area (Å²) in [7, 11) is 0. The summed E-state index contributed by atoms with van der Waals surface area (Å²) in [5.74, 6) is 0.346. The molecule has 0 amide bonds. The Labute approximate surface area is 176 Å². The highest BCUT2D eigenvalue weighted by Crippen LogP contribution is 2.39. The minimum atomic E-state index is -0.952. The molecule has 148 valence electrons. The number of carboxylic acids is 1. The van der Waals surface area contributed by atoms with Gasteiger partial charge in [0, 0.05) is 5.41 Å². The lowest BCUT2D eigenvalue weighted by Crippen LogP contribution is -2.25. The van der Waals surface area contributed by atoms with Gasteiger partial charge in [-0.25, -0.2) is 4.79 Å². The van der Waals surface area contributed by atoms with Crippen molar-refractivity contribution >= 4 is 5.97 Å². The fourth-order valence-electron chi connectivity index (χ4n) is 3.70. The maximum atomic E-state index is 11.0. The van der Waals surface area contributed by atoms with Crippen LogP contribution in [0.1, 0.15) is 34.0 Å². The molecule has 4 aromatic carbocycles. The summed E-state index contributed by atoms with van der Waals surface area (Å²) in [6, 6.07) is 35.4. The van der Waals surface area contributed by atoms with E-state index in [2.05, 4.69) is 67.6 Å². The Kier molecular flexibility index (Phi) is 5.36. The minimum Gasteiger partial charge on any atom is -0.478 e. The van der Waals surface area contributed by atoms with Crippen LogP contribution in [-0.4, -0.2) is 11.1 Å². The Morgan fingerprint density at radius 2 is 1.03 bits per heavy atom. The zero-order valence-electron chi connectivity index (χ0n) is 16.7. The van der Waals surface area contributed by atoms with Crippen LogP contribution in [0.2, 0.25) is 0 Å². The van der Waals surface area contributed by atoms with E-state index in [-0.39, 0.29) is 11.0 Å². The van der Waals surface area contributed by atoms with Crippen LogP contribution in [0.25, 0.3) is 0 Å². The van der Waals surface area contributed by atoms with Crippen molar-refractivity contribution in [1.29, 1.82) is 0 Å². The molecule has 0 saturated carbocycles. The fraction of sp³-hybridized carbons (Fsp3) is 0.0741. The molecular formula is C27H22O3. The number of ether oxygens (including phenoxy) is 1. The van der Waals surface area contributed by atoms with Gasteiger partial charge in [-0.05, 0) is 60.0 Å². The zero-order valence-corrected chi connectivity index (χ0v) is 16.7. The number of hydrogen-bond acceptors (Lipinski definition) is 2. The van der Waals surface area contributed by atoms with Crippen molar-refractivity contribution in [2.24, 2.45) is 0 Å². The van der Waals surface area contributed by atoms with Crippen molar-refractivity contribution in [3.63, 3.8) is 0 Å². The first-order chi connectivity index (χ1) is 14.6. The van der Waals surface area contributed by atoms with Crippen molar-refractivity contribution < 1.29 is 14.6 Å². The maximum Gasteiger partial charge on any atom is 0.335 e. The average Bonchev–Trinajstić information content (AvgIpc) is 2.80. The van der Waals surface area contributed by atoms with Crippen LogP contribution in [-0.2, 0) is 5.41 Å². The van der Waals surface area contributed by atoms with Crippen LogP contribution >= 0.6 is 0 Å². The molecule has 0 spiro atoms. The van der Waals surface area contributed by atoms with Gasteiger partial charge in [0.15, 0.2) is 0 Å². The largest absolute Gasteiger partial charge is 0.478 e. The molecule has 0 bridgehead atoms. The molecule has 0 unspecified atom stereocenters. The molecule has 4 rings (SSSR count). The smallest absolute Gasteiger partial charge is 0.335 e. The first kappa shape index (κ1) is 19.5. The van der Waals surface area contributed by atoms with E-state index in [1.807, 2.05) is 24.3 Å². The van der Waals surface area contributed by atoms with E-state index < -0.39 is 5.97 Å². The normalized spacial score (nSPS) is 11.1. The predicted molar refractivity (Wildman–Crippen MR) is 118 cm³/mol. The number of aromatic carboxylic acids is 1. The first-order valence-corrected chi connectivity index (χ1v) is 9.80. The minimum absolute atomic E-state index is 0.235. The van der Waals surface area contributed by atoms with Gasteiger partial charge in [-0.1, -0.05) is 72.8 Å². The van der Waals surface area contributed by atoms with Gasteiger partial charge in [-0.2, -0.15) is 0 Å². The summed E-state index contributed by atoms with van der Waals surface area (Å²) in [5, 5.41) is 9.02. The highest BCUT2D eigenvalue weighted by Gasteiger charge is 2.30. The molecule has 0 heterocycles. The second kappa shape index (κ2) is 8.26. The van der Waals surface area contributed by atoms with Gasteiger partial charge in [0.05, 0.1) is 5.56 Å². The summed E-state index contributed by atoms with van der Waals surface area (Å²) in [4.78, 5) is 11.0. The van der Waals surface area contributed by atoms with Crippen LogP contribution in [0.4, 0.5) is 0 Å². The second-order valence-corrected chi connectivity index (χ2v) is 7.31. The Bertz CT molecular complexity index is 1080. The summed E-state index contributed by atoms with van der Waals surface area (Å²) in [5.41, 5.74) is 3.53. The molecule has 3 heteroatoms. The Morgan fingerprint density at radius 1 is 0.633 bits per heavy atom.